The molecule has 0 unspecified atom stereocenters. The molecule has 0 spiro atoms. The number of ketones is 1. The Morgan fingerprint density at radius 1 is 0.902 bits per heavy atom. The summed E-state index contributed by atoms with van der Waals surface area (Å²) in [4.78, 5) is 21.6. The fourth-order valence-corrected chi connectivity index (χ4v) is 5.51. The van der Waals surface area contributed by atoms with Gasteiger partial charge in [0.1, 0.15) is 11.6 Å². The van der Waals surface area contributed by atoms with E-state index in [-0.39, 0.29) is 18.1 Å². The van der Waals surface area contributed by atoms with Gasteiger partial charge in [0.15, 0.2) is 5.78 Å². The summed E-state index contributed by atoms with van der Waals surface area (Å²) in [5.74, 6) is 1.02. The first-order chi connectivity index (χ1) is 19.7. The molecule has 0 aliphatic rings. The van der Waals surface area contributed by atoms with Gasteiger partial charge in [-0.25, -0.2) is 18.4 Å². The molecule has 0 aliphatic heterocycles. The standard InChI is InChI=1S/C32H34ClN3O4S/c1-41(39,40)36(21-3-2-9-31(38)26-13-15-28(33)16-14-26)23-25-7-4-8-27(22-25)30-19-20-34-32(35-30)10-5-6-24-11-17-29(37)18-12-24/h4,7-8,11-20,22,37H,2-3,5-6,9-10,21,23H2,1H3. The number of carbonyl (C=O) groups excluding carboxylic acids is 1. The van der Waals surface area contributed by atoms with Crippen molar-refractivity contribution < 1.29 is 18.3 Å². The highest BCUT2D eigenvalue weighted by molar-refractivity contribution is 7.88. The second-order valence-electron chi connectivity index (χ2n) is 10.1. The van der Waals surface area contributed by atoms with E-state index in [0.717, 1.165) is 47.5 Å². The highest BCUT2D eigenvalue weighted by Crippen LogP contribution is 2.21. The number of halogens is 1. The van der Waals surface area contributed by atoms with Crippen LogP contribution >= 0.6 is 11.6 Å². The summed E-state index contributed by atoms with van der Waals surface area (Å²) >= 11 is 5.89. The van der Waals surface area contributed by atoms with Gasteiger partial charge in [-0.3, -0.25) is 4.79 Å². The number of unbranched alkanes of at least 4 members (excludes halogenated alkanes) is 1. The van der Waals surface area contributed by atoms with E-state index in [9.17, 15) is 18.3 Å². The molecule has 9 heteroatoms. The van der Waals surface area contributed by atoms with E-state index < -0.39 is 10.0 Å². The predicted molar refractivity (Wildman–Crippen MR) is 162 cm³/mol. The molecule has 0 atom stereocenters. The fourth-order valence-electron chi connectivity index (χ4n) is 4.54. The van der Waals surface area contributed by atoms with Crippen molar-refractivity contribution in [2.45, 2.75) is 45.1 Å². The van der Waals surface area contributed by atoms with Crippen molar-refractivity contribution in [3.63, 3.8) is 0 Å². The molecule has 4 rings (SSSR count). The quantitative estimate of drug-likeness (QED) is 0.133. The molecule has 0 aliphatic carbocycles. The molecule has 0 bridgehead atoms. The zero-order valence-electron chi connectivity index (χ0n) is 23.0. The Labute approximate surface area is 246 Å². The van der Waals surface area contributed by atoms with E-state index in [2.05, 4.69) is 4.98 Å². The molecule has 214 valence electrons. The molecule has 0 saturated heterocycles. The number of Topliss-reactive ketones (excluding diaryl/α,β-unsaturated/α-hetero) is 1. The number of aryl methyl sites for hydroxylation is 2. The minimum Gasteiger partial charge on any atom is -0.508 e. The second-order valence-corrected chi connectivity index (χ2v) is 12.5. The number of hydrogen-bond acceptors (Lipinski definition) is 6. The van der Waals surface area contributed by atoms with Gasteiger partial charge in [-0.15, -0.1) is 0 Å². The SMILES string of the molecule is CS(=O)(=O)N(CCCCC(=O)c1ccc(Cl)cc1)Cc1cccc(-c2ccnc(CCCc3ccc(O)cc3)n2)c1. The Kier molecular flexibility index (Phi) is 10.6. The van der Waals surface area contributed by atoms with E-state index in [4.69, 9.17) is 16.6 Å². The van der Waals surface area contributed by atoms with Gasteiger partial charge in [-0.2, -0.15) is 4.31 Å². The molecule has 41 heavy (non-hydrogen) atoms. The van der Waals surface area contributed by atoms with Crippen LogP contribution < -0.4 is 0 Å². The average Bonchev–Trinajstić information content (AvgIpc) is 2.96. The summed E-state index contributed by atoms with van der Waals surface area (Å²) < 4.78 is 26.6. The van der Waals surface area contributed by atoms with Gasteiger partial charge in [0.25, 0.3) is 0 Å². The number of phenols is 1. The second kappa shape index (κ2) is 14.3. The fraction of sp³-hybridized carbons (Fsp3) is 0.281. The first-order valence-corrected chi connectivity index (χ1v) is 15.8. The molecule has 0 amide bonds. The normalized spacial score (nSPS) is 11.6. The van der Waals surface area contributed by atoms with E-state index in [1.807, 2.05) is 42.5 Å². The summed E-state index contributed by atoms with van der Waals surface area (Å²) in [6.45, 7) is 0.567. The minimum absolute atomic E-state index is 0.0184. The number of aromatic hydroxyl groups is 1. The van der Waals surface area contributed by atoms with Gasteiger partial charge in [-0.1, -0.05) is 41.9 Å². The molecule has 7 nitrogen and oxygen atoms in total. The van der Waals surface area contributed by atoms with Crippen molar-refractivity contribution in [3.8, 4) is 17.0 Å². The Bertz CT molecular complexity index is 1560. The molecule has 4 aromatic rings. The average molecular weight is 592 g/mol. The lowest BCUT2D eigenvalue weighted by Gasteiger charge is -2.20. The van der Waals surface area contributed by atoms with Crippen LogP contribution in [0.2, 0.25) is 5.02 Å². The van der Waals surface area contributed by atoms with Crippen LogP contribution in [0.4, 0.5) is 0 Å². The van der Waals surface area contributed by atoms with Crippen LogP contribution in [0.5, 0.6) is 5.75 Å². The third-order valence-electron chi connectivity index (χ3n) is 6.79. The molecule has 0 saturated carbocycles. The molecule has 3 aromatic carbocycles. The smallest absolute Gasteiger partial charge is 0.211 e. The monoisotopic (exact) mass is 591 g/mol. The number of sulfonamides is 1. The van der Waals surface area contributed by atoms with Crippen molar-refractivity contribution in [3.05, 3.63) is 113 Å². The summed E-state index contributed by atoms with van der Waals surface area (Å²) in [5.41, 5.74) is 4.30. The molecular formula is C32H34ClN3O4S. The zero-order chi connectivity index (χ0) is 29.2. The molecule has 0 radical (unpaired) electrons. The molecule has 1 aromatic heterocycles. The van der Waals surface area contributed by atoms with Crippen molar-refractivity contribution in [2.24, 2.45) is 0 Å². The van der Waals surface area contributed by atoms with Gasteiger partial charge in [0.2, 0.25) is 10.0 Å². The number of nitrogens with zero attached hydrogens (tertiary/aromatic N) is 3. The van der Waals surface area contributed by atoms with Gasteiger partial charge in [0.05, 0.1) is 11.9 Å². The number of benzene rings is 3. The van der Waals surface area contributed by atoms with Gasteiger partial charge in [-0.05, 0) is 85.3 Å². The predicted octanol–water partition coefficient (Wildman–Crippen LogP) is 6.49. The zero-order valence-corrected chi connectivity index (χ0v) is 24.6. The number of phenolic OH excluding ortho intramolecular Hbond substituents is 1. The lowest BCUT2D eigenvalue weighted by Crippen LogP contribution is -2.30. The third kappa shape index (κ3) is 9.49. The van der Waals surface area contributed by atoms with Gasteiger partial charge >= 0.3 is 0 Å². The number of hydrogen-bond donors (Lipinski definition) is 1. The number of carbonyl (C=O) groups is 1. The molecule has 1 heterocycles. The van der Waals surface area contributed by atoms with Crippen LogP contribution in [0, 0.1) is 0 Å². The summed E-state index contributed by atoms with van der Waals surface area (Å²) in [5, 5.41) is 10.0. The lowest BCUT2D eigenvalue weighted by molar-refractivity contribution is 0.0979. The highest BCUT2D eigenvalue weighted by atomic mass is 35.5. The van der Waals surface area contributed by atoms with Crippen molar-refractivity contribution in [2.75, 3.05) is 12.8 Å². The Morgan fingerprint density at radius 3 is 2.39 bits per heavy atom. The first-order valence-electron chi connectivity index (χ1n) is 13.6. The lowest BCUT2D eigenvalue weighted by atomic mass is 10.1. The topological polar surface area (TPSA) is 100 Å². The summed E-state index contributed by atoms with van der Waals surface area (Å²) in [6.07, 6.45) is 6.93. The highest BCUT2D eigenvalue weighted by Gasteiger charge is 2.17. The van der Waals surface area contributed by atoms with Crippen LogP contribution in [-0.4, -0.2) is 46.4 Å². The van der Waals surface area contributed by atoms with E-state index in [1.165, 1.54) is 10.6 Å². The Hall–Kier alpha value is -3.59. The van der Waals surface area contributed by atoms with Crippen molar-refractivity contribution in [1.29, 1.82) is 0 Å². The van der Waals surface area contributed by atoms with Crippen molar-refractivity contribution in [1.82, 2.24) is 14.3 Å². The van der Waals surface area contributed by atoms with Gasteiger partial charge in [0, 0.05) is 48.3 Å². The molecule has 1 N–H and O–H groups in total. The number of rotatable bonds is 14. The maximum Gasteiger partial charge on any atom is 0.211 e. The van der Waals surface area contributed by atoms with Gasteiger partial charge < -0.3 is 5.11 Å². The van der Waals surface area contributed by atoms with Crippen molar-refractivity contribution >= 4 is 27.4 Å². The molecule has 0 fully saturated rings. The largest absolute Gasteiger partial charge is 0.508 e. The first kappa shape index (κ1) is 30.4. The Balaban J connectivity index is 1.34. The van der Waals surface area contributed by atoms with E-state index >= 15 is 0 Å². The van der Waals surface area contributed by atoms with Crippen LogP contribution in [0.1, 0.15) is 53.0 Å². The van der Waals surface area contributed by atoms with E-state index in [0.29, 0.717) is 36.4 Å². The minimum atomic E-state index is -3.45. The Morgan fingerprint density at radius 2 is 1.66 bits per heavy atom. The summed E-state index contributed by atoms with van der Waals surface area (Å²) in [6, 6.07) is 23.6. The maximum absolute atomic E-state index is 12.5. The molecular weight excluding hydrogens is 558 g/mol. The maximum atomic E-state index is 12.5. The van der Waals surface area contributed by atoms with Crippen LogP contribution in [0.25, 0.3) is 11.3 Å². The van der Waals surface area contributed by atoms with Crippen LogP contribution in [0.3, 0.4) is 0 Å². The number of aromatic nitrogens is 2. The van der Waals surface area contributed by atoms with Crippen LogP contribution in [-0.2, 0) is 29.4 Å². The van der Waals surface area contributed by atoms with Crippen LogP contribution in [0.15, 0.2) is 85.1 Å². The summed E-state index contributed by atoms with van der Waals surface area (Å²) in [7, 11) is -3.45. The van der Waals surface area contributed by atoms with E-state index in [1.54, 1.807) is 42.6 Å². The third-order valence-corrected chi connectivity index (χ3v) is 8.29.